The second-order valence-electron chi connectivity index (χ2n) is 3.35. The van der Waals surface area contributed by atoms with E-state index in [1.807, 2.05) is 36.4 Å². The van der Waals surface area contributed by atoms with Crippen LogP contribution < -0.4 is 5.46 Å². The van der Waals surface area contributed by atoms with Gasteiger partial charge in [0.05, 0.1) is 0 Å². The van der Waals surface area contributed by atoms with Gasteiger partial charge in [-0.1, -0.05) is 35.8 Å². The van der Waals surface area contributed by atoms with E-state index in [4.69, 9.17) is 12.3 Å². The third-order valence-electron chi connectivity index (χ3n) is 2.40. The maximum Gasteiger partial charge on any atom is 0.135 e. The standard InChI is InChI=1S/C12H7BO/c13-8-5-6-10-9-3-1-2-4-11(9)14-12(10)7-8/h1-7H. The van der Waals surface area contributed by atoms with E-state index in [0.717, 1.165) is 27.4 Å². The molecule has 1 heterocycles. The molecule has 1 aromatic heterocycles. The summed E-state index contributed by atoms with van der Waals surface area (Å²) in [7, 11) is 5.69. The van der Waals surface area contributed by atoms with Gasteiger partial charge < -0.3 is 4.42 Å². The first-order valence-electron chi connectivity index (χ1n) is 4.51. The molecule has 0 saturated heterocycles. The number of para-hydroxylation sites is 1. The van der Waals surface area contributed by atoms with E-state index in [0.29, 0.717) is 0 Å². The Balaban J connectivity index is 2.57. The van der Waals surface area contributed by atoms with Crippen molar-refractivity contribution in [2.24, 2.45) is 0 Å². The molecule has 0 fully saturated rings. The molecule has 0 saturated carbocycles. The highest BCUT2D eigenvalue weighted by Gasteiger charge is 2.04. The quantitative estimate of drug-likeness (QED) is 0.481. The van der Waals surface area contributed by atoms with E-state index in [2.05, 4.69) is 6.07 Å². The van der Waals surface area contributed by atoms with Crippen molar-refractivity contribution in [1.82, 2.24) is 0 Å². The van der Waals surface area contributed by atoms with Gasteiger partial charge in [-0.3, -0.25) is 0 Å². The van der Waals surface area contributed by atoms with Crippen molar-refractivity contribution in [3.63, 3.8) is 0 Å². The van der Waals surface area contributed by atoms with Gasteiger partial charge in [-0.2, -0.15) is 0 Å². The lowest BCUT2D eigenvalue weighted by Gasteiger charge is -1.90. The van der Waals surface area contributed by atoms with Gasteiger partial charge in [-0.25, -0.2) is 0 Å². The topological polar surface area (TPSA) is 13.1 Å². The van der Waals surface area contributed by atoms with Gasteiger partial charge in [0, 0.05) is 10.8 Å². The third kappa shape index (κ3) is 0.972. The fraction of sp³-hybridized carbons (Fsp3) is 0. The van der Waals surface area contributed by atoms with Crippen LogP contribution in [0.5, 0.6) is 0 Å². The molecule has 0 atom stereocenters. The van der Waals surface area contributed by atoms with E-state index in [1.165, 1.54) is 0 Å². The monoisotopic (exact) mass is 178 g/mol. The molecule has 0 spiro atoms. The van der Waals surface area contributed by atoms with Crippen molar-refractivity contribution in [1.29, 1.82) is 0 Å². The summed E-state index contributed by atoms with van der Waals surface area (Å²) in [6.45, 7) is 0. The Bertz CT molecular complexity index is 610. The molecule has 3 rings (SSSR count). The summed E-state index contributed by atoms with van der Waals surface area (Å²) >= 11 is 0. The van der Waals surface area contributed by atoms with Crippen LogP contribution in [0.4, 0.5) is 0 Å². The molecule has 14 heavy (non-hydrogen) atoms. The Morgan fingerprint density at radius 2 is 1.64 bits per heavy atom. The van der Waals surface area contributed by atoms with Crippen molar-refractivity contribution >= 4 is 35.2 Å². The zero-order chi connectivity index (χ0) is 9.54. The van der Waals surface area contributed by atoms with Gasteiger partial charge in [0.2, 0.25) is 0 Å². The first-order valence-corrected chi connectivity index (χ1v) is 4.51. The third-order valence-corrected chi connectivity index (χ3v) is 2.40. The number of fused-ring (bicyclic) bond motifs is 3. The summed E-state index contributed by atoms with van der Waals surface area (Å²) in [4.78, 5) is 0. The molecule has 2 aromatic carbocycles. The smallest absolute Gasteiger partial charge is 0.135 e. The van der Waals surface area contributed by atoms with Crippen molar-refractivity contribution in [3.8, 4) is 0 Å². The van der Waals surface area contributed by atoms with Gasteiger partial charge in [-0.05, 0) is 12.1 Å². The normalized spacial score (nSPS) is 11.1. The highest BCUT2D eigenvalue weighted by atomic mass is 16.3. The van der Waals surface area contributed by atoms with Gasteiger partial charge in [-0.15, -0.1) is 0 Å². The first kappa shape index (κ1) is 7.68. The number of rotatable bonds is 0. The van der Waals surface area contributed by atoms with E-state index in [9.17, 15) is 0 Å². The summed E-state index contributed by atoms with van der Waals surface area (Å²) in [5, 5.41) is 2.26. The van der Waals surface area contributed by atoms with Gasteiger partial charge >= 0.3 is 0 Å². The van der Waals surface area contributed by atoms with E-state index < -0.39 is 0 Å². The summed E-state index contributed by atoms with van der Waals surface area (Å²) in [6.07, 6.45) is 0. The maximum atomic E-state index is 5.69. The Morgan fingerprint density at radius 3 is 2.57 bits per heavy atom. The predicted molar refractivity (Wildman–Crippen MR) is 59.1 cm³/mol. The summed E-state index contributed by atoms with van der Waals surface area (Å²) in [6, 6.07) is 13.7. The molecule has 0 bridgehead atoms. The Hall–Kier alpha value is -1.70. The Labute approximate surface area is 82.7 Å². The van der Waals surface area contributed by atoms with Crippen LogP contribution in [0.3, 0.4) is 0 Å². The van der Waals surface area contributed by atoms with Crippen LogP contribution in [0.1, 0.15) is 0 Å². The van der Waals surface area contributed by atoms with Crippen LogP contribution in [0.15, 0.2) is 46.9 Å². The van der Waals surface area contributed by atoms with Crippen molar-refractivity contribution in [3.05, 3.63) is 42.5 Å². The molecular formula is C12H7BO. The number of hydrogen-bond donors (Lipinski definition) is 0. The minimum atomic E-state index is 0.733. The molecule has 0 unspecified atom stereocenters. The zero-order valence-electron chi connectivity index (χ0n) is 7.53. The minimum Gasteiger partial charge on any atom is -0.456 e. The molecule has 0 aliphatic carbocycles. The van der Waals surface area contributed by atoms with Crippen LogP contribution in [0.2, 0.25) is 0 Å². The van der Waals surface area contributed by atoms with Crippen molar-refractivity contribution < 1.29 is 4.42 Å². The number of hydrogen-bond acceptors (Lipinski definition) is 1. The van der Waals surface area contributed by atoms with Gasteiger partial charge in [0.15, 0.2) is 0 Å². The molecule has 0 amide bonds. The Morgan fingerprint density at radius 1 is 0.857 bits per heavy atom. The van der Waals surface area contributed by atoms with Crippen LogP contribution in [-0.4, -0.2) is 7.85 Å². The van der Waals surface area contributed by atoms with Gasteiger partial charge in [0.25, 0.3) is 0 Å². The minimum absolute atomic E-state index is 0.733. The first-order chi connectivity index (χ1) is 6.84. The van der Waals surface area contributed by atoms with Gasteiger partial charge in [0.1, 0.15) is 19.0 Å². The molecular weight excluding hydrogens is 171 g/mol. The fourth-order valence-electron chi connectivity index (χ4n) is 1.74. The molecule has 0 aliphatic rings. The summed E-state index contributed by atoms with van der Waals surface area (Å²) in [5.74, 6) is 0. The van der Waals surface area contributed by atoms with Crippen LogP contribution in [-0.2, 0) is 0 Å². The van der Waals surface area contributed by atoms with E-state index in [-0.39, 0.29) is 0 Å². The molecule has 64 valence electrons. The van der Waals surface area contributed by atoms with Crippen LogP contribution in [0.25, 0.3) is 21.9 Å². The summed E-state index contributed by atoms with van der Waals surface area (Å²) in [5.41, 5.74) is 2.50. The molecule has 3 aromatic rings. The molecule has 1 nitrogen and oxygen atoms in total. The largest absolute Gasteiger partial charge is 0.456 e. The molecule has 2 heteroatoms. The van der Waals surface area contributed by atoms with E-state index in [1.54, 1.807) is 0 Å². The number of furan rings is 1. The van der Waals surface area contributed by atoms with Crippen molar-refractivity contribution in [2.45, 2.75) is 0 Å². The molecule has 0 aliphatic heterocycles. The van der Waals surface area contributed by atoms with Crippen LogP contribution in [0, 0.1) is 0 Å². The second-order valence-corrected chi connectivity index (χ2v) is 3.35. The average Bonchev–Trinajstić information content (AvgIpc) is 2.54. The maximum absolute atomic E-state index is 5.69. The Kier molecular flexibility index (Phi) is 1.45. The SMILES string of the molecule is [B]c1ccc2c(c1)oc1ccccc12. The van der Waals surface area contributed by atoms with Crippen LogP contribution >= 0.6 is 0 Å². The average molecular weight is 178 g/mol. The van der Waals surface area contributed by atoms with Crippen molar-refractivity contribution in [2.75, 3.05) is 0 Å². The highest BCUT2D eigenvalue weighted by Crippen LogP contribution is 2.27. The predicted octanol–water partition coefficient (Wildman–Crippen LogP) is 2.38. The summed E-state index contributed by atoms with van der Waals surface area (Å²) < 4.78 is 5.65. The highest BCUT2D eigenvalue weighted by molar-refractivity contribution is 6.33. The zero-order valence-corrected chi connectivity index (χ0v) is 7.53. The lowest BCUT2D eigenvalue weighted by molar-refractivity contribution is 0.669. The van der Waals surface area contributed by atoms with E-state index >= 15 is 0 Å². The fourth-order valence-corrected chi connectivity index (χ4v) is 1.74. The molecule has 2 radical (unpaired) electrons. The lowest BCUT2D eigenvalue weighted by Crippen LogP contribution is -1.98. The number of benzene rings is 2. The lowest BCUT2D eigenvalue weighted by atomic mass is 9.95. The molecule has 0 N–H and O–H groups in total. The second kappa shape index (κ2) is 2.64.